The molecule has 2 saturated carbocycles. The smallest absolute Gasteiger partial charge is 0.261 e. The number of benzene rings is 1. The molecule has 3 fully saturated rings. The zero-order chi connectivity index (χ0) is 24.9. The summed E-state index contributed by atoms with van der Waals surface area (Å²) in [5.41, 5.74) is 1.04. The van der Waals surface area contributed by atoms with E-state index in [0.29, 0.717) is 17.5 Å². The van der Waals surface area contributed by atoms with Crippen LogP contribution in [-0.4, -0.2) is 49.3 Å². The van der Waals surface area contributed by atoms with Gasteiger partial charge in [-0.05, 0) is 82.1 Å². The first-order chi connectivity index (χ1) is 17.3. The molecule has 0 bridgehead atoms. The summed E-state index contributed by atoms with van der Waals surface area (Å²) < 4.78 is 35.1. The first kappa shape index (κ1) is 24.1. The third-order valence-corrected chi connectivity index (χ3v) is 9.10. The first-order valence-electron chi connectivity index (χ1n) is 12.6. The predicted octanol–water partition coefficient (Wildman–Crippen LogP) is 4.38. The number of nitrogens with one attached hydrogen (secondary N) is 1. The monoisotopic (exact) mass is 532 g/mol. The zero-order valence-corrected chi connectivity index (χ0v) is 21.4. The summed E-state index contributed by atoms with van der Waals surface area (Å²) >= 11 is 0. The van der Waals surface area contributed by atoms with Crippen molar-refractivity contribution < 1.29 is 22.7 Å². The predicted molar refractivity (Wildman–Crippen MR) is 134 cm³/mol. The highest BCUT2D eigenvalue weighted by molar-refractivity contribution is 8.13. The average molecular weight is 533 g/mol. The molecule has 4 aliphatic rings. The minimum atomic E-state index is -3.80. The molecule has 1 aromatic carbocycles. The van der Waals surface area contributed by atoms with Crippen molar-refractivity contribution in [2.45, 2.75) is 86.5 Å². The number of hydrogen-bond acceptors (Lipinski definition) is 8. The molecular weight excluding hydrogens is 504 g/mol. The Kier molecular flexibility index (Phi) is 6.18. The van der Waals surface area contributed by atoms with E-state index in [2.05, 4.69) is 10.3 Å². The van der Waals surface area contributed by atoms with Crippen LogP contribution in [0.1, 0.15) is 63.4 Å². The van der Waals surface area contributed by atoms with E-state index in [1.165, 1.54) is 12.1 Å². The lowest BCUT2D eigenvalue weighted by Crippen LogP contribution is -2.45. The Morgan fingerprint density at radius 2 is 1.92 bits per heavy atom. The quantitative estimate of drug-likeness (QED) is 0.546. The number of amides is 1. The topological polar surface area (TPSA) is 111 Å². The largest absolute Gasteiger partial charge is 0.353 e. The molecule has 2 aliphatic heterocycles. The molecule has 9 nitrogen and oxygen atoms in total. The Morgan fingerprint density at radius 3 is 2.61 bits per heavy atom. The molecule has 192 valence electrons. The number of halogens is 1. The second-order valence-electron chi connectivity index (χ2n) is 10.2. The summed E-state index contributed by atoms with van der Waals surface area (Å²) in [6, 6.07) is 6.08. The molecule has 1 aromatic heterocycles. The number of aromatic nitrogens is 2. The lowest BCUT2D eigenvalue weighted by Gasteiger charge is -2.37. The number of fused-ring (bicyclic) bond motifs is 2. The van der Waals surface area contributed by atoms with E-state index in [0.717, 1.165) is 70.0 Å². The summed E-state index contributed by atoms with van der Waals surface area (Å²) in [5, 5.41) is 3.12. The van der Waals surface area contributed by atoms with Gasteiger partial charge in [0.05, 0.1) is 16.4 Å². The molecule has 1 N–H and O–H groups in total. The van der Waals surface area contributed by atoms with Gasteiger partial charge in [0.2, 0.25) is 11.9 Å². The number of ether oxygens (including phenoxy) is 2. The molecule has 1 amide bonds. The van der Waals surface area contributed by atoms with Gasteiger partial charge in [0.25, 0.3) is 9.05 Å². The normalized spacial score (nSPS) is 27.2. The van der Waals surface area contributed by atoms with E-state index >= 15 is 0 Å². The van der Waals surface area contributed by atoms with Crippen molar-refractivity contribution >= 4 is 43.1 Å². The van der Waals surface area contributed by atoms with Crippen molar-refractivity contribution in [3.05, 3.63) is 36.0 Å². The first-order valence-corrected chi connectivity index (χ1v) is 14.9. The maximum absolute atomic E-state index is 13.6. The molecule has 11 heteroatoms. The molecule has 3 heterocycles. The highest BCUT2D eigenvalue weighted by Gasteiger charge is 2.61. The second kappa shape index (κ2) is 9.24. The molecule has 2 aliphatic carbocycles. The molecule has 1 spiro atoms. The Morgan fingerprint density at radius 1 is 1.11 bits per heavy atom. The summed E-state index contributed by atoms with van der Waals surface area (Å²) in [7, 11) is 1.61. The minimum Gasteiger partial charge on any atom is -0.353 e. The Labute approximate surface area is 215 Å². The fourth-order valence-corrected chi connectivity index (χ4v) is 6.45. The van der Waals surface area contributed by atoms with Gasteiger partial charge in [-0.15, -0.1) is 0 Å². The molecule has 6 rings (SSSR count). The average Bonchev–Trinajstić information content (AvgIpc) is 3.63. The fourth-order valence-electron chi connectivity index (χ4n) is 5.68. The van der Waals surface area contributed by atoms with E-state index in [9.17, 15) is 13.2 Å². The van der Waals surface area contributed by atoms with Crippen LogP contribution in [0.4, 0.5) is 17.5 Å². The van der Waals surface area contributed by atoms with E-state index in [4.69, 9.17) is 25.1 Å². The maximum Gasteiger partial charge on any atom is 0.261 e. The highest BCUT2D eigenvalue weighted by atomic mass is 35.7. The standard InChI is InChI=1S/C25H29ClN4O5S/c26-36(32,33)19-9-7-16(8-10-19)28-24-27-15-20-22(29-24)30(23(31)25(20)11-12-25)17-4-3-5-18(14-17)35-21-6-1-2-13-34-21/h7-10,15,17-18,21H,1-6,11-14H2,(H,27,28,29)/t17-,18-,21?/m1/s1. The molecule has 1 unspecified atom stereocenters. The van der Waals surface area contributed by atoms with Crippen LogP contribution in [0, 0.1) is 0 Å². The van der Waals surface area contributed by atoms with Gasteiger partial charge < -0.3 is 14.8 Å². The third-order valence-electron chi connectivity index (χ3n) is 7.73. The maximum atomic E-state index is 13.6. The van der Waals surface area contributed by atoms with Gasteiger partial charge >= 0.3 is 0 Å². The molecule has 0 radical (unpaired) electrons. The molecule has 1 saturated heterocycles. The van der Waals surface area contributed by atoms with Gasteiger partial charge in [-0.25, -0.2) is 13.4 Å². The van der Waals surface area contributed by atoms with Crippen LogP contribution in [0.5, 0.6) is 0 Å². The van der Waals surface area contributed by atoms with Crippen molar-refractivity contribution in [3.63, 3.8) is 0 Å². The molecule has 2 aromatic rings. The zero-order valence-electron chi connectivity index (χ0n) is 19.9. The number of nitrogens with zero attached hydrogens (tertiary/aromatic N) is 3. The van der Waals surface area contributed by atoms with E-state index in [1.807, 2.05) is 4.90 Å². The molecule has 3 atom stereocenters. The van der Waals surface area contributed by atoms with Crippen LogP contribution in [-0.2, 0) is 28.7 Å². The summed E-state index contributed by atoms with van der Waals surface area (Å²) in [5.74, 6) is 1.15. The number of rotatable bonds is 6. The van der Waals surface area contributed by atoms with Crippen LogP contribution in [0.15, 0.2) is 35.4 Å². The highest BCUT2D eigenvalue weighted by Crippen LogP contribution is 2.57. The van der Waals surface area contributed by atoms with Crippen LogP contribution < -0.4 is 10.2 Å². The number of hydrogen-bond donors (Lipinski definition) is 1. The van der Waals surface area contributed by atoms with Gasteiger partial charge in [-0.3, -0.25) is 9.69 Å². The van der Waals surface area contributed by atoms with Crippen molar-refractivity contribution in [1.82, 2.24) is 9.97 Å². The van der Waals surface area contributed by atoms with Crippen molar-refractivity contribution in [3.8, 4) is 0 Å². The van der Waals surface area contributed by atoms with Crippen molar-refractivity contribution in [1.29, 1.82) is 0 Å². The fraction of sp³-hybridized carbons (Fsp3) is 0.560. The SMILES string of the molecule is O=C1N([C@@H]2CCC[C@@H](OC3CCCCO3)C2)c2nc(Nc3ccc(S(=O)(=O)Cl)cc3)ncc2C12CC2. The van der Waals surface area contributed by atoms with Gasteiger partial charge in [-0.1, -0.05) is 0 Å². The number of carbonyl (C=O) groups excluding carboxylic acids is 1. The summed E-state index contributed by atoms with van der Waals surface area (Å²) in [4.78, 5) is 24.8. The number of carbonyl (C=O) groups is 1. The Bertz CT molecular complexity index is 1260. The lowest BCUT2D eigenvalue weighted by molar-refractivity contribution is -0.193. The van der Waals surface area contributed by atoms with Crippen LogP contribution in [0.25, 0.3) is 0 Å². The van der Waals surface area contributed by atoms with Gasteiger partial charge in [0.1, 0.15) is 5.82 Å². The molecular formula is C25H29ClN4O5S. The Hall–Kier alpha value is -2.27. The molecule has 36 heavy (non-hydrogen) atoms. The number of anilines is 3. The van der Waals surface area contributed by atoms with Crippen LogP contribution >= 0.6 is 10.7 Å². The van der Waals surface area contributed by atoms with E-state index in [-0.39, 0.29) is 29.2 Å². The minimum absolute atomic E-state index is 0.0183. The van der Waals surface area contributed by atoms with Gasteiger partial charge in [0, 0.05) is 40.8 Å². The Balaban J connectivity index is 1.23. The van der Waals surface area contributed by atoms with Crippen LogP contribution in [0.3, 0.4) is 0 Å². The lowest BCUT2D eigenvalue weighted by atomic mass is 9.91. The van der Waals surface area contributed by atoms with Gasteiger partial charge in [0.15, 0.2) is 6.29 Å². The third kappa shape index (κ3) is 4.49. The van der Waals surface area contributed by atoms with E-state index < -0.39 is 14.5 Å². The summed E-state index contributed by atoms with van der Waals surface area (Å²) in [6.07, 6.45) is 10.1. The van der Waals surface area contributed by atoms with Gasteiger partial charge in [-0.2, -0.15) is 4.98 Å². The van der Waals surface area contributed by atoms with Crippen molar-refractivity contribution in [2.75, 3.05) is 16.8 Å². The van der Waals surface area contributed by atoms with Crippen molar-refractivity contribution in [2.24, 2.45) is 0 Å². The van der Waals surface area contributed by atoms with Crippen LogP contribution in [0.2, 0.25) is 0 Å². The van der Waals surface area contributed by atoms with E-state index in [1.54, 1.807) is 18.3 Å². The summed E-state index contributed by atoms with van der Waals surface area (Å²) in [6.45, 7) is 0.748. The second-order valence-corrected chi connectivity index (χ2v) is 12.7.